The second kappa shape index (κ2) is 12.0. The Labute approximate surface area is 195 Å². The first-order chi connectivity index (χ1) is 15.5. The van der Waals surface area contributed by atoms with Crippen LogP contribution >= 0.6 is 11.8 Å². The third-order valence-electron chi connectivity index (χ3n) is 6.13. The highest BCUT2D eigenvalue weighted by Crippen LogP contribution is 2.21. The van der Waals surface area contributed by atoms with Crippen LogP contribution in [0.4, 0.5) is 4.39 Å². The van der Waals surface area contributed by atoms with Gasteiger partial charge in [0.15, 0.2) is 0 Å². The van der Waals surface area contributed by atoms with Gasteiger partial charge in [-0.3, -0.25) is 9.59 Å². The summed E-state index contributed by atoms with van der Waals surface area (Å²) in [6, 6.07) is 14.3. The Balaban J connectivity index is 1.72. The number of amides is 2. The van der Waals surface area contributed by atoms with Gasteiger partial charge in [-0.1, -0.05) is 62.2 Å². The summed E-state index contributed by atoms with van der Waals surface area (Å²) in [4.78, 5) is 28.1. The SMILES string of the molecule is CC[C@@H](C(=O)NC1CCCC1)N(Cc1ccccc1C)C(=O)CSCc1ccccc1F. The van der Waals surface area contributed by atoms with E-state index in [1.165, 1.54) is 17.8 Å². The lowest BCUT2D eigenvalue weighted by Gasteiger charge is -2.32. The van der Waals surface area contributed by atoms with Crippen molar-refractivity contribution < 1.29 is 14.0 Å². The van der Waals surface area contributed by atoms with Crippen LogP contribution in [-0.2, 0) is 21.9 Å². The predicted octanol–water partition coefficient (Wildman–Crippen LogP) is 5.23. The number of hydrogen-bond acceptors (Lipinski definition) is 3. The molecule has 2 amide bonds. The molecule has 0 unspecified atom stereocenters. The summed E-state index contributed by atoms with van der Waals surface area (Å²) in [6.07, 6.45) is 4.84. The monoisotopic (exact) mass is 456 g/mol. The van der Waals surface area contributed by atoms with E-state index in [4.69, 9.17) is 0 Å². The normalized spacial score (nSPS) is 14.8. The number of rotatable bonds is 10. The minimum atomic E-state index is -0.517. The lowest BCUT2D eigenvalue weighted by Crippen LogP contribution is -2.51. The van der Waals surface area contributed by atoms with E-state index in [9.17, 15) is 14.0 Å². The molecule has 0 bridgehead atoms. The summed E-state index contributed by atoms with van der Waals surface area (Å²) in [5.41, 5.74) is 2.71. The van der Waals surface area contributed by atoms with E-state index in [0.717, 1.165) is 36.8 Å². The molecular weight excluding hydrogens is 423 g/mol. The van der Waals surface area contributed by atoms with Crippen LogP contribution < -0.4 is 5.32 Å². The Hall–Kier alpha value is -2.34. The van der Waals surface area contributed by atoms with Gasteiger partial charge in [-0.05, 0) is 48.9 Å². The highest BCUT2D eigenvalue weighted by molar-refractivity contribution is 7.99. The Bertz CT molecular complexity index is 914. The molecule has 0 aromatic heterocycles. The van der Waals surface area contributed by atoms with E-state index < -0.39 is 6.04 Å². The van der Waals surface area contributed by atoms with Crippen LogP contribution in [0.5, 0.6) is 0 Å². The molecular formula is C26H33FN2O2S. The van der Waals surface area contributed by atoms with Crippen LogP contribution in [0.3, 0.4) is 0 Å². The topological polar surface area (TPSA) is 49.4 Å². The van der Waals surface area contributed by atoms with Crippen molar-refractivity contribution >= 4 is 23.6 Å². The van der Waals surface area contributed by atoms with E-state index in [1.807, 2.05) is 38.1 Å². The molecule has 1 saturated carbocycles. The molecule has 0 radical (unpaired) electrons. The first-order valence-electron chi connectivity index (χ1n) is 11.4. The van der Waals surface area contributed by atoms with Crippen LogP contribution in [0, 0.1) is 12.7 Å². The van der Waals surface area contributed by atoms with Gasteiger partial charge in [0.1, 0.15) is 11.9 Å². The quantitative estimate of drug-likeness (QED) is 0.532. The zero-order valence-electron chi connectivity index (χ0n) is 19.0. The first kappa shape index (κ1) is 24.3. The van der Waals surface area contributed by atoms with Crippen LogP contribution in [0.15, 0.2) is 48.5 Å². The molecule has 1 fully saturated rings. The average Bonchev–Trinajstić information content (AvgIpc) is 3.29. The van der Waals surface area contributed by atoms with Gasteiger partial charge in [0, 0.05) is 18.3 Å². The summed E-state index contributed by atoms with van der Waals surface area (Å²) < 4.78 is 13.9. The zero-order valence-corrected chi connectivity index (χ0v) is 19.8. The largest absolute Gasteiger partial charge is 0.352 e. The maximum Gasteiger partial charge on any atom is 0.243 e. The van der Waals surface area contributed by atoms with Crippen LogP contribution in [0.25, 0.3) is 0 Å². The fourth-order valence-corrected chi connectivity index (χ4v) is 5.10. The molecule has 3 rings (SSSR count). The molecule has 0 aliphatic heterocycles. The number of benzene rings is 2. The van der Waals surface area contributed by atoms with Crippen LogP contribution in [0.1, 0.15) is 55.7 Å². The fraction of sp³-hybridized carbons (Fsp3) is 0.462. The van der Waals surface area contributed by atoms with Crippen molar-refractivity contribution in [1.82, 2.24) is 10.2 Å². The van der Waals surface area contributed by atoms with Crippen molar-refractivity contribution in [2.75, 3.05) is 5.75 Å². The van der Waals surface area contributed by atoms with Crippen molar-refractivity contribution in [2.24, 2.45) is 0 Å². The standard InChI is InChI=1S/C26H33FN2O2S/c1-3-24(26(31)28-22-13-7-8-14-22)29(16-20-11-5-4-10-19(20)2)25(30)18-32-17-21-12-6-9-15-23(21)27/h4-6,9-12,15,22,24H,3,7-8,13-14,16-18H2,1-2H3,(H,28,31)/t24-/m0/s1. The molecule has 0 spiro atoms. The molecule has 1 atom stereocenters. The molecule has 32 heavy (non-hydrogen) atoms. The number of halogens is 1. The van der Waals surface area contributed by atoms with E-state index in [2.05, 4.69) is 5.32 Å². The second-order valence-electron chi connectivity index (χ2n) is 8.45. The zero-order chi connectivity index (χ0) is 22.9. The highest BCUT2D eigenvalue weighted by atomic mass is 32.2. The molecule has 0 saturated heterocycles. The number of carbonyl (C=O) groups excluding carboxylic acids is 2. The van der Waals surface area contributed by atoms with E-state index >= 15 is 0 Å². The summed E-state index contributed by atoms with van der Waals surface area (Å²) in [5.74, 6) is 0.199. The molecule has 1 aliphatic carbocycles. The molecule has 172 valence electrons. The van der Waals surface area contributed by atoms with E-state index in [1.54, 1.807) is 23.1 Å². The number of aryl methyl sites for hydroxylation is 1. The minimum Gasteiger partial charge on any atom is -0.352 e. The van der Waals surface area contributed by atoms with Crippen LogP contribution in [-0.4, -0.2) is 34.6 Å². The summed E-state index contributed by atoms with van der Waals surface area (Å²) in [6.45, 7) is 4.36. The Morgan fingerprint density at radius 1 is 1.09 bits per heavy atom. The third kappa shape index (κ3) is 6.58. The lowest BCUT2D eigenvalue weighted by molar-refractivity contribution is -0.139. The van der Waals surface area contributed by atoms with Gasteiger partial charge in [-0.25, -0.2) is 4.39 Å². The molecule has 0 heterocycles. The van der Waals surface area contributed by atoms with Crippen molar-refractivity contribution in [3.8, 4) is 0 Å². The Morgan fingerprint density at radius 2 is 1.75 bits per heavy atom. The Morgan fingerprint density at radius 3 is 2.41 bits per heavy atom. The highest BCUT2D eigenvalue weighted by Gasteiger charge is 2.30. The molecule has 6 heteroatoms. The van der Waals surface area contributed by atoms with Gasteiger partial charge in [-0.15, -0.1) is 11.8 Å². The molecule has 4 nitrogen and oxygen atoms in total. The van der Waals surface area contributed by atoms with Crippen molar-refractivity contribution in [2.45, 2.75) is 70.3 Å². The first-order valence-corrected chi connectivity index (χ1v) is 12.6. The molecule has 2 aromatic rings. The van der Waals surface area contributed by atoms with Crippen molar-refractivity contribution in [1.29, 1.82) is 0 Å². The lowest BCUT2D eigenvalue weighted by atomic mass is 10.1. The number of thioether (sulfide) groups is 1. The smallest absolute Gasteiger partial charge is 0.243 e. The van der Waals surface area contributed by atoms with Gasteiger partial charge < -0.3 is 10.2 Å². The summed E-state index contributed by atoms with van der Waals surface area (Å²) >= 11 is 1.38. The number of nitrogens with one attached hydrogen (secondary N) is 1. The maximum atomic E-state index is 13.9. The molecule has 1 N–H and O–H groups in total. The molecule has 1 aliphatic rings. The Kier molecular flexibility index (Phi) is 9.15. The molecule has 2 aromatic carbocycles. The predicted molar refractivity (Wildman–Crippen MR) is 129 cm³/mol. The van der Waals surface area contributed by atoms with E-state index in [0.29, 0.717) is 24.3 Å². The number of carbonyl (C=O) groups is 2. The van der Waals surface area contributed by atoms with Crippen molar-refractivity contribution in [3.05, 3.63) is 71.0 Å². The van der Waals surface area contributed by atoms with Gasteiger partial charge in [-0.2, -0.15) is 0 Å². The number of hydrogen-bond donors (Lipinski definition) is 1. The average molecular weight is 457 g/mol. The maximum absolute atomic E-state index is 13.9. The minimum absolute atomic E-state index is 0.0690. The number of nitrogens with zero attached hydrogens (tertiary/aromatic N) is 1. The van der Waals surface area contributed by atoms with Gasteiger partial charge in [0.05, 0.1) is 5.75 Å². The fourth-order valence-electron chi connectivity index (χ4n) is 4.20. The van der Waals surface area contributed by atoms with Gasteiger partial charge in [0.2, 0.25) is 11.8 Å². The van der Waals surface area contributed by atoms with Crippen molar-refractivity contribution in [3.63, 3.8) is 0 Å². The van der Waals surface area contributed by atoms with Gasteiger partial charge >= 0.3 is 0 Å². The second-order valence-corrected chi connectivity index (χ2v) is 9.43. The third-order valence-corrected chi connectivity index (χ3v) is 7.10. The summed E-state index contributed by atoms with van der Waals surface area (Å²) in [5, 5.41) is 3.17. The summed E-state index contributed by atoms with van der Waals surface area (Å²) in [7, 11) is 0. The van der Waals surface area contributed by atoms with Crippen LogP contribution in [0.2, 0.25) is 0 Å². The van der Waals surface area contributed by atoms with Gasteiger partial charge in [0.25, 0.3) is 0 Å². The van der Waals surface area contributed by atoms with E-state index in [-0.39, 0.29) is 29.4 Å².